The summed E-state index contributed by atoms with van der Waals surface area (Å²) in [7, 11) is 0. The molecule has 2 aromatic heterocycles. The summed E-state index contributed by atoms with van der Waals surface area (Å²) in [5, 5.41) is 0. The Morgan fingerprint density at radius 3 is 1.71 bits per heavy atom. The number of nitrogens with two attached hydrogens (primary N) is 3. The zero-order valence-electron chi connectivity index (χ0n) is 18.1. The number of aliphatic imine (C=N–C) groups is 1. The van der Waals surface area contributed by atoms with Crippen LogP contribution >= 0.6 is 0 Å². The van der Waals surface area contributed by atoms with E-state index in [1.54, 1.807) is 6.21 Å². The molecule has 0 saturated carbocycles. The van der Waals surface area contributed by atoms with Crippen molar-refractivity contribution in [3.8, 4) is 0 Å². The van der Waals surface area contributed by atoms with Gasteiger partial charge in [-0.05, 0) is 0 Å². The second kappa shape index (κ2) is 12.3. The number of aromatic nitrogens is 4. The van der Waals surface area contributed by atoms with Crippen LogP contribution in [0.25, 0.3) is 0 Å². The molecule has 3 heterocycles. The third-order valence-corrected chi connectivity index (χ3v) is 7.35. The molecule has 14 nitrogen and oxygen atoms in total. The maximum atomic E-state index is 12.5. The van der Waals surface area contributed by atoms with Crippen molar-refractivity contribution in [1.82, 2.24) is 19.9 Å². The first-order valence-electron chi connectivity index (χ1n) is 10.4. The fourth-order valence-corrected chi connectivity index (χ4v) is 5.51. The van der Waals surface area contributed by atoms with E-state index in [0.29, 0.717) is 23.5 Å². The van der Waals surface area contributed by atoms with Crippen LogP contribution < -0.4 is 17.2 Å². The van der Waals surface area contributed by atoms with E-state index in [4.69, 9.17) is 27.8 Å². The molecule has 1 aliphatic rings. The van der Waals surface area contributed by atoms with Gasteiger partial charge in [0.15, 0.2) is 0 Å². The van der Waals surface area contributed by atoms with Crippen LogP contribution in [0.3, 0.4) is 0 Å². The summed E-state index contributed by atoms with van der Waals surface area (Å²) < 4.78 is 15.7. The number of allylic oxidation sites excluding steroid dienone is 1. The second-order valence-electron chi connectivity index (χ2n) is 7.43. The molecule has 180 valence electrons. The van der Waals surface area contributed by atoms with E-state index in [-0.39, 0.29) is 19.3 Å². The molecular weight excluding hydrogens is 506 g/mol. The number of nitrogens with zero attached hydrogens (tertiary/aromatic N) is 3. The Hall–Kier alpha value is -3.24. The molecule has 15 heteroatoms. The number of hydrogen-bond donors (Lipinski definition) is 5. The van der Waals surface area contributed by atoms with Crippen LogP contribution in [0.4, 0.5) is 0 Å². The van der Waals surface area contributed by atoms with Crippen molar-refractivity contribution in [2.45, 2.75) is 43.8 Å². The van der Waals surface area contributed by atoms with Crippen molar-refractivity contribution < 1.29 is 25.0 Å². The number of aromatic amines is 2. The molecule has 3 atom stereocenters. The Morgan fingerprint density at radius 2 is 1.32 bits per heavy atom. The first-order chi connectivity index (χ1) is 16.3. The van der Waals surface area contributed by atoms with Crippen LogP contribution in [0.5, 0.6) is 0 Å². The van der Waals surface area contributed by atoms with Gasteiger partial charge in [-0.25, -0.2) is 0 Å². The predicted octanol–water partition coefficient (Wildman–Crippen LogP) is -1.74. The maximum absolute atomic E-state index is 12.5. The summed E-state index contributed by atoms with van der Waals surface area (Å²) in [5.41, 5.74) is 19.5. The van der Waals surface area contributed by atoms with Gasteiger partial charge < -0.3 is 0 Å². The molecule has 0 spiro atoms. The number of H-pyrrole nitrogens is 2. The minimum atomic E-state index is -4.29. The van der Waals surface area contributed by atoms with Crippen molar-refractivity contribution >= 4 is 41.4 Å². The van der Waals surface area contributed by atoms with E-state index in [2.05, 4.69) is 24.9 Å². The molecule has 2 aromatic rings. The molecular formula is C19H25GaN8O6. The summed E-state index contributed by atoms with van der Waals surface area (Å²) in [6.45, 7) is 0. The van der Waals surface area contributed by atoms with E-state index >= 15 is 0 Å². The Morgan fingerprint density at radius 1 is 0.853 bits per heavy atom. The number of carbonyl (C=O) groups is 3. The van der Waals surface area contributed by atoms with Crippen molar-refractivity contribution in [2.75, 3.05) is 0 Å². The zero-order valence-corrected chi connectivity index (χ0v) is 20.5. The van der Waals surface area contributed by atoms with Crippen LogP contribution in [0, 0.1) is 0 Å². The monoisotopic (exact) mass is 530 g/mol. The predicted molar refractivity (Wildman–Crippen MR) is 118 cm³/mol. The summed E-state index contributed by atoms with van der Waals surface area (Å²) in [6, 6.07) is -3.32. The van der Waals surface area contributed by atoms with Crippen LogP contribution in [-0.4, -0.2) is 79.5 Å². The topological polar surface area (TPSA) is 227 Å². The third kappa shape index (κ3) is 7.67. The van der Waals surface area contributed by atoms with Crippen LogP contribution in [0.1, 0.15) is 24.2 Å². The van der Waals surface area contributed by atoms with Gasteiger partial charge in [-0.1, -0.05) is 0 Å². The summed E-state index contributed by atoms with van der Waals surface area (Å²) in [6.07, 6.45) is 10.3. The van der Waals surface area contributed by atoms with Crippen molar-refractivity contribution in [1.29, 1.82) is 0 Å². The SMILES string of the molecule is NC(CC1=CCC=N1)C(=O)[O][Ga]([O]C(=O)C(N)Cc1cnc[nH]1)[O]C(=O)C(N)Cc1cnc[nH]1. The zero-order chi connectivity index (χ0) is 24.5. The molecule has 0 amide bonds. The Labute approximate surface area is 200 Å². The Bertz CT molecular complexity index is 970. The Balaban J connectivity index is 1.62. The molecule has 34 heavy (non-hydrogen) atoms. The van der Waals surface area contributed by atoms with E-state index in [9.17, 15) is 14.4 Å². The van der Waals surface area contributed by atoms with E-state index < -0.39 is 53.3 Å². The van der Waals surface area contributed by atoms with Crippen LogP contribution in [0.15, 0.2) is 41.8 Å². The van der Waals surface area contributed by atoms with E-state index in [1.807, 2.05) is 6.08 Å². The molecule has 0 saturated heterocycles. The second-order valence-corrected chi connectivity index (χ2v) is 10.1. The quantitative estimate of drug-likeness (QED) is 0.193. The number of nitrogens with one attached hydrogen (secondary N) is 2. The average molecular weight is 531 g/mol. The van der Waals surface area contributed by atoms with Gasteiger partial charge in [0, 0.05) is 0 Å². The molecule has 1 aliphatic heterocycles. The van der Waals surface area contributed by atoms with Gasteiger partial charge >= 0.3 is 201 Å². The summed E-state index contributed by atoms with van der Waals surface area (Å²) >= 11 is -4.29. The average Bonchev–Trinajstić information content (AvgIpc) is 3.57. The summed E-state index contributed by atoms with van der Waals surface area (Å²) in [4.78, 5) is 54.9. The van der Waals surface area contributed by atoms with Gasteiger partial charge in [-0.2, -0.15) is 0 Å². The van der Waals surface area contributed by atoms with Crippen molar-refractivity contribution in [3.63, 3.8) is 0 Å². The standard InChI is InChI=1S/C7H10N2O2.2C6H9N3O2.Ga/c8-6(7(10)11)4-5-2-1-3-9-5;2*7-5(6(10)11)1-4-2-8-3-9-4;/h2-3,6H,1,4,8H2,(H,10,11);2*2-3,5H,1,7H2,(H,8,9)(H,10,11);/q;;;+3/p-3. The van der Waals surface area contributed by atoms with E-state index in [1.165, 1.54) is 25.0 Å². The fraction of sp³-hybridized carbons (Fsp3) is 0.368. The number of rotatable bonds is 12. The number of carbonyl (C=O) groups excluding carboxylic acids is 3. The van der Waals surface area contributed by atoms with Crippen molar-refractivity contribution in [3.05, 3.63) is 48.2 Å². The van der Waals surface area contributed by atoms with Gasteiger partial charge in [-0.3, -0.25) is 0 Å². The van der Waals surface area contributed by atoms with Gasteiger partial charge in [0.05, 0.1) is 0 Å². The fourth-order valence-electron chi connectivity index (χ4n) is 2.91. The van der Waals surface area contributed by atoms with Crippen molar-refractivity contribution in [2.24, 2.45) is 22.2 Å². The summed E-state index contributed by atoms with van der Waals surface area (Å²) in [5.74, 6) is -2.70. The number of hydrogen-bond acceptors (Lipinski definition) is 12. The Kier molecular flexibility index (Phi) is 9.17. The minimum absolute atomic E-state index is 0.0840. The molecule has 0 fully saturated rings. The molecule has 0 aromatic carbocycles. The number of imidazole rings is 2. The molecule has 8 N–H and O–H groups in total. The van der Waals surface area contributed by atoms with Crippen LogP contribution in [0.2, 0.25) is 0 Å². The van der Waals surface area contributed by atoms with Crippen LogP contribution in [-0.2, 0) is 37.8 Å². The molecule has 0 radical (unpaired) electrons. The first-order valence-corrected chi connectivity index (χ1v) is 13.3. The van der Waals surface area contributed by atoms with Gasteiger partial charge in [0.25, 0.3) is 0 Å². The normalized spacial score (nSPS) is 15.2. The van der Waals surface area contributed by atoms with Gasteiger partial charge in [-0.15, -0.1) is 0 Å². The van der Waals surface area contributed by atoms with E-state index in [0.717, 1.165) is 0 Å². The first kappa shape index (κ1) is 25.4. The molecule has 0 bridgehead atoms. The molecule has 3 unspecified atom stereocenters. The van der Waals surface area contributed by atoms with Gasteiger partial charge in [0.2, 0.25) is 0 Å². The third-order valence-electron chi connectivity index (χ3n) is 4.68. The molecule has 0 aliphatic carbocycles. The molecule has 3 rings (SSSR count). The van der Waals surface area contributed by atoms with Gasteiger partial charge in [0.1, 0.15) is 0 Å².